The standard InChI is InChI=1S/C59H41F3N16/c1-28-65-29(2)70-55(69-28)36-12-16-42-43-17-13-37(56-71-30(3)66-31(4)72-56)21-49(43)77(48(42)20-36)52-24-41(27-64)46(54-40(26-63)10-9-11-47(54)59(60,61)62)25-53(52)78-50-22-38(57-73-32(5)67-33(6)74-57)14-18-44(50)45-19-15-39(23-51(45)78)58-75-34(7)68-35(8)76-58/h9-25H,1-8H3. The van der Waals surface area contributed by atoms with Crippen LogP contribution in [0.15, 0.2) is 103 Å². The zero-order valence-corrected chi connectivity index (χ0v) is 43.1. The van der Waals surface area contributed by atoms with Crippen molar-refractivity contribution in [1.29, 1.82) is 10.5 Å². The number of benzene rings is 6. The fourth-order valence-electron chi connectivity index (χ4n) is 10.5. The van der Waals surface area contributed by atoms with Crippen LogP contribution in [0.2, 0.25) is 0 Å². The van der Waals surface area contributed by atoms with Gasteiger partial charge in [-0.1, -0.05) is 54.6 Å². The van der Waals surface area contributed by atoms with Gasteiger partial charge in [-0.2, -0.15) is 23.7 Å². The summed E-state index contributed by atoms with van der Waals surface area (Å²) in [6.45, 7) is 14.3. The van der Waals surface area contributed by atoms with Gasteiger partial charge in [0.15, 0.2) is 23.3 Å². The molecule has 378 valence electrons. The van der Waals surface area contributed by atoms with E-state index < -0.39 is 17.3 Å². The van der Waals surface area contributed by atoms with Gasteiger partial charge in [-0.3, -0.25) is 0 Å². The maximum absolute atomic E-state index is 15.4. The van der Waals surface area contributed by atoms with E-state index >= 15 is 13.2 Å². The van der Waals surface area contributed by atoms with Crippen molar-refractivity contribution in [2.45, 2.75) is 61.6 Å². The normalized spacial score (nSPS) is 11.8. The highest BCUT2D eigenvalue weighted by Gasteiger charge is 2.36. The van der Waals surface area contributed by atoms with Crippen molar-refractivity contribution >= 4 is 43.6 Å². The lowest BCUT2D eigenvalue weighted by molar-refractivity contribution is -0.137. The van der Waals surface area contributed by atoms with Crippen molar-refractivity contribution in [3.05, 3.63) is 166 Å². The molecule has 12 aromatic rings. The molecule has 0 spiro atoms. The van der Waals surface area contributed by atoms with Gasteiger partial charge in [0.05, 0.1) is 62.3 Å². The molecule has 0 saturated heterocycles. The molecule has 6 aromatic carbocycles. The highest BCUT2D eigenvalue weighted by molar-refractivity contribution is 6.13. The first kappa shape index (κ1) is 48.7. The van der Waals surface area contributed by atoms with Gasteiger partial charge in [-0.15, -0.1) is 0 Å². The quantitative estimate of drug-likeness (QED) is 0.145. The molecule has 78 heavy (non-hydrogen) atoms. The predicted octanol–water partition coefficient (Wildman–Crippen LogP) is 12.2. The molecule has 0 aliphatic heterocycles. The number of nitriles is 2. The monoisotopic (exact) mass is 1030 g/mol. The molecule has 16 nitrogen and oxygen atoms in total. The highest BCUT2D eigenvalue weighted by atomic mass is 19.4. The lowest BCUT2D eigenvalue weighted by atomic mass is 9.90. The Morgan fingerprint density at radius 2 is 0.679 bits per heavy atom. The Morgan fingerprint density at radius 3 is 0.974 bits per heavy atom. The van der Waals surface area contributed by atoms with Crippen molar-refractivity contribution in [2.24, 2.45) is 0 Å². The summed E-state index contributed by atoms with van der Waals surface area (Å²) in [5, 5.41) is 25.1. The third-order valence-corrected chi connectivity index (χ3v) is 13.5. The highest BCUT2D eigenvalue weighted by Crippen LogP contribution is 2.46. The first-order valence-corrected chi connectivity index (χ1v) is 24.6. The second-order valence-corrected chi connectivity index (χ2v) is 18.9. The molecule has 0 aliphatic rings. The van der Waals surface area contributed by atoms with Gasteiger partial charge in [0, 0.05) is 54.9 Å². The lowest BCUT2D eigenvalue weighted by Gasteiger charge is -2.21. The van der Waals surface area contributed by atoms with Gasteiger partial charge in [0.1, 0.15) is 46.6 Å². The smallest absolute Gasteiger partial charge is 0.307 e. The van der Waals surface area contributed by atoms with Crippen LogP contribution in [0.25, 0.3) is 112 Å². The van der Waals surface area contributed by atoms with E-state index in [1.54, 1.807) is 67.5 Å². The second kappa shape index (κ2) is 18.2. The molecular weight excluding hydrogens is 990 g/mol. The fourth-order valence-corrected chi connectivity index (χ4v) is 10.5. The Labute approximate surface area is 442 Å². The molecule has 0 N–H and O–H groups in total. The van der Waals surface area contributed by atoms with Crippen molar-refractivity contribution in [3.8, 4) is 80.2 Å². The van der Waals surface area contributed by atoms with Crippen LogP contribution in [0.3, 0.4) is 0 Å². The van der Waals surface area contributed by atoms with Crippen molar-refractivity contribution in [2.75, 3.05) is 0 Å². The molecule has 0 aliphatic carbocycles. The first-order chi connectivity index (χ1) is 37.4. The summed E-state index contributed by atoms with van der Waals surface area (Å²) in [5.41, 5.74) is 3.71. The van der Waals surface area contributed by atoms with Crippen LogP contribution in [0.4, 0.5) is 13.2 Å². The third kappa shape index (κ3) is 8.34. The molecule has 0 atom stereocenters. The molecule has 6 aromatic heterocycles. The predicted molar refractivity (Wildman–Crippen MR) is 288 cm³/mol. The number of alkyl halides is 3. The largest absolute Gasteiger partial charge is 0.417 e. The topological polar surface area (TPSA) is 212 Å². The van der Waals surface area contributed by atoms with Crippen molar-refractivity contribution < 1.29 is 13.2 Å². The zero-order chi connectivity index (χ0) is 54.5. The summed E-state index contributed by atoms with van der Waals surface area (Å²) in [4.78, 5) is 55.5. The molecule has 0 unspecified atom stereocenters. The van der Waals surface area contributed by atoms with E-state index in [0.29, 0.717) is 126 Å². The summed E-state index contributed by atoms with van der Waals surface area (Å²) in [7, 11) is 0. The number of hydrogen-bond donors (Lipinski definition) is 0. The minimum atomic E-state index is -4.93. The first-order valence-electron chi connectivity index (χ1n) is 24.6. The summed E-state index contributed by atoms with van der Waals surface area (Å²) in [6, 6.07) is 34.2. The Balaban J connectivity index is 1.30. The van der Waals surface area contributed by atoms with Gasteiger partial charge in [-0.05, 0) is 104 Å². The number of rotatable bonds is 7. The lowest BCUT2D eigenvalue weighted by Crippen LogP contribution is -2.10. The van der Waals surface area contributed by atoms with E-state index in [1.807, 2.05) is 88.0 Å². The Hall–Kier alpha value is -10.3. The molecule has 0 fully saturated rings. The van der Waals surface area contributed by atoms with Gasteiger partial charge in [0.2, 0.25) is 0 Å². The van der Waals surface area contributed by atoms with E-state index in [2.05, 4.69) is 26.0 Å². The summed E-state index contributed by atoms with van der Waals surface area (Å²) in [6.07, 6.45) is -4.93. The SMILES string of the molecule is Cc1nc(C)nc(-c2ccc3c4ccc(-c5nc(C)nc(C)n5)cc4n(-c4cc(C#N)c(-c5c(C#N)cccc5C(F)(F)F)cc4-n4c5cc(-c6nc(C)nc(C)n6)ccc5c5ccc(-c6nc(C)nc(C)n6)cc54)c3c2)n1. The van der Waals surface area contributed by atoms with E-state index in [-0.39, 0.29) is 16.7 Å². The average Bonchev–Trinajstić information content (AvgIpc) is 4.06. The Morgan fingerprint density at radius 1 is 0.372 bits per heavy atom. The van der Waals surface area contributed by atoms with Crippen LogP contribution in [0, 0.1) is 78.1 Å². The molecule has 0 saturated carbocycles. The minimum Gasteiger partial charge on any atom is -0.307 e. The maximum atomic E-state index is 15.4. The summed E-state index contributed by atoms with van der Waals surface area (Å²) in [5.74, 6) is 5.79. The molecule has 12 rings (SSSR count). The number of aryl methyl sites for hydroxylation is 8. The van der Waals surface area contributed by atoms with Crippen LogP contribution in [0.1, 0.15) is 63.3 Å². The van der Waals surface area contributed by atoms with Gasteiger partial charge < -0.3 is 9.13 Å². The molecule has 0 bridgehead atoms. The molecule has 0 amide bonds. The van der Waals surface area contributed by atoms with Crippen LogP contribution >= 0.6 is 0 Å². The van der Waals surface area contributed by atoms with Crippen LogP contribution in [-0.4, -0.2) is 68.9 Å². The van der Waals surface area contributed by atoms with Crippen molar-refractivity contribution in [3.63, 3.8) is 0 Å². The van der Waals surface area contributed by atoms with E-state index in [4.69, 9.17) is 39.9 Å². The van der Waals surface area contributed by atoms with Crippen molar-refractivity contribution in [1.82, 2.24) is 68.9 Å². The van der Waals surface area contributed by atoms with E-state index in [1.165, 1.54) is 12.1 Å². The maximum Gasteiger partial charge on any atom is 0.417 e. The van der Waals surface area contributed by atoms with Gasteiger partial charge in [-0.25, -0.2) is 59.8 Å². The summed E-state index contributed by atoms with van der Waals surface area (Å²) >= 11 is 0. The second-order valence-electron chi connectivity index (χ2n) is 18.9. The molecule has 19 heteroatoms. The zero-order valence-electron chi connectivity index (χ0n) is 43.1. The average molecular weight is 1030 g/mol. The number of aromatic nitrogens is 14. The van der Waals surface area contributed by atoms with Crippen LogP contribution in [0.5, 0.6) is 0 Å². The third-order valence-electron chi connectivity index (χ3n) is 13.5. The van der Waals surface area contributed by atoms with Crippen LogP contribution in [-0.2, 0) is 6.18 Å². The van der Waals surface area contributed by atoms with E-state index in [0.717, 1.165) is 27.6 Å². The van der Waals surface area contributed by atoms with Gasteiger partial charge in [0.25, 0.3) is 0 Å². The molecule has 0 radical (unpaired) electrons. The van der Waals surface area contributed by atoms with E-state index in [9.17, 15) is 10.5 Å². The summed E-state index contributed by atoms with van der Waals surface area (Å²) < 4.78 is 50.3. The van der Waals surface area contributed by atoms with Gasteiger partial charge >= 0.3 is 6.18 Å². The number of hydrogen-bond acceptors (Lipinski definition) is 14. The number of fused-ring (bicyclic) bond motifs is 6. The Bertz CT molecular complexity index is 4340. The number of nitrogens with zero attached hydrogens (tertiary/aromatic N) is 16. The van der Waals surface area contributed by atoms with Crippen LogP contribution < -0.4 is 0 Å². The fraction of sp³-hybridized carbons (Fsp3) is 0.153. The molecule has 6 heterocycles. The number of halogens is 3. The molecular formula is C59H41F3N16. The Kier molecular flexibility index (Phi) is 11.4. The minimum absolute atomic E-state index is 0.120.